The molecule has 0 atom stereocenters. The summed E-state index contributed by atoms with van der Waals surface area (Å²) in [6.45, 7) is 14.8. The number of aromatic hydroxyl groups is 1. The fourth-order valence-corrected chi connectivity index (χ4v) is 2.07. The van der Waals surface area contributed by atoms with E-state index in [2.05, 4.69) is 34.3 Å². The van der Waals surface area contributed by atoms with E-state index in [4.69, 9.17) is 0 Å². The van der Waals surface area contributed by atoms with Gasteiger partial charge in [0.1, 0.15) is 11.6 Å². The van der Waals surface area contributed by atoms with E-state index in [0.717, 1.165) is 30.0 Å². The number of hydrogen-bond donors (Lipinski definition) is 1. The van der Waals surface area contributed by atoms with Gasteiger partial charge in [0.15, 0.2) is 0 Å². The van der Waals surface area contributed by atoms with Gasteiger partial charge in [0.25, 0.3) is 0 Å². The van der Waals surface area contributed by atoms with Gasteiger partial charge < -0.3 is 5.11 Å². The molecule has 1 N–H and O–H groups in total. The minimum absolute atomic E-state index is 0.00940. The molecule has 0 heterocycles. The van der Waals surface area contributed by atoms with Crippen LogP contribution in [0.15, 0.2) is 18.7 Å². The Balaban J connectivity index is 2.86. The van der Waals surface area contributed by atoms with Gasteiger partial charge in [-0.15, -0.1) is 0 Å². The first-order valence-electron chi connectivity index (χ1n) is 6.82. The van der Waals surface area contributed by atoms with Gasteiger partial charge in [0.2, 0.25) is 0 Å². The first-order valence-corrected chi connectivity index (χ1v) is 6.82. The highest BCUT2D eigenvalue weighted by Crippen LogP contribution is 2.37. The molecule has 19 heavy (non-hydrogen) atoms. The average molecular weight is 264 g/mol. The largest absolute Gasteiger partial charge is 0.507 e. The highest BCUT2D eigenvalue weighted by molar-refractivity contribution is 5.71. The third-order valence-electron chi connectivity index (χ3n) is 4.27. The number of allylic oxidation sites excluding steroid dienone is 1. The molecule has 0 bridgehead atoms. The number of hydrogen-bond acceptors (Lipinski definition) is 1. The molecule has 1 rings (SSSR count). The van der Waals surface area contributed by atoms with Crippen LogP contribution in [0.4, 0.5) is 4.39 Å². The van der Waals surface area contributed by atoms with Crippen molar-refractivity contribution >= 4 is 5.57 Å². The van der Waals surface area contributed by atoms with Crippen LogP contribution in [0.2, 0.25) is 0 Å². The number of aryl methyl sites for hydroxylation is 1. The van der Waals surface area contributed by atoms with Crippen molar-refractivity contribution in [1.29, 1.82) is 0 Å². The third kappa shape index (κ3) is 3.82. The van der Waals surface area contributed by atoms with Crippen molar-refractivity contribution in [2.24, 2.45) is 11.3 Å². The molecule has 0 saturated heterocycles. The summed E-state index contributed by atoms with van der Waals surface area (Å²) in [5, 5.41) is 9.88. The first-order chi connectivity index (χ1) is 8.65. The lowest BCUT2D eigenvalue weighted by atomic mass is 9.76. The molecule has 106 valence electrons. The summed E-state index contributed by atoms with van der Waals surface area (Å²) in [5.74, 6) is 0.169. The van der Waals surface area contributed by atoms with E-state index in [-0.39, 0.29) is 11.2 Å². The summed E-state index contributed by atoms with van der Waals surface area (Å²) >= 11 is 0. The monoisotopic (exact) mass is 264 g/mol. The van der Waals surface area contributed by atoms with E-state index >= 15 is 0 Å². The Morgan fingerprint density at radius 2 is 1.95 bits per heavy atom. The van der Waals surface area contributed by atoms with Crippen molar-refractivity contribution in [3.63, 3.8) is 0 Å². The van der Waals surface area contributed by atoms with Crippen molar-refractivity contribution < 1.29 is 9.50 Å². The molecule has 0 radical (unpaired) electrons. The van der Waals surface area contributed by atoms with Crippen LogP contribution in [0.25, 0.3) is 5.57 Å². The molecule has 0 saturated carbocycles. The van der Waals surface area contributed by atoms with Crippen LogP contribution in [0.5, 0.6) is 5.75 Å². The van der Waals surface area contributed by atoms with E-state index in [1.165, 1.54) is 6.07 Å². The van der Waals surface area contributed by atoms with Gasteiger partial charge in [0, 0.05) is 11.6 Å². The Bertz CT molecular complexity index is 449. The smallest absolute Gasteiger partial charge is 0.127 e. The van der Waals surface area contributed by atoms with E-state index < -0.39 is 5.82 Å². The Morgan fingerprint density at radius 3 is 2.42 bits per heavy atom. The second kappa shape index (κ2) is 5.77. The van der Waals surface area contributed by atoms with Gasteiger partial charge in [-0.1, -0.05) is 34.3 Å². The van der Waals surface area contributed by atoms with E-state index in [0.29, 0.717) is 11.5 Å². The number of phenolic OH excluding ortho intramolecular Hbond substituents is 1. The summed E-state index contributed by atoms with van der Waals surface area (Å²) in [4.78, 5) is 0. The Kier molecular flexibility index (Phi) is 4.78. The highest BCUT2D eigenvalue weighted by Gasteiger charge is 2.23. The molecule has 1 nitrogen and oxygen atoms in total. The molecule has 0 aromatic heterocycles. The minimum Gasteiger partial charge on any atom is -0.507 e. The summed E-state index contributed by atoms with van der Waals surface area (Å²) in [7, 11) is 0. The van der Waals surface area contributed by atoms with E-state index in [1.54, 1.807) is 6.92 Å². The summed E-state index contributed by atoms with van der Waals surface area (Å²) < 4.78 is 13.2. The number of benzene rings is 1. The maximum atomic E-state index is 13.2. The summed E-state index contributed by atoms with van der Waals surface area (Å²) in [6, 6.07) is 2.59. The Morgan fingerprint density at radius 1 is 1.37 bits per heavy atom. The molecule has 0 aliphatic heterocycles. The Labute approximate surface area is 116 Å². The predicted molar refractivity (Wildman–Crippen MR) is 79.7 cm³/mol. The maximum Gasteiger partial charge on any atom is 0.127 e. The van der Waals surface area contributed by atoms with Crippen LogP contribution in [-0.4, -0.2) is 5.11 Å². The second-order valence-electron chi connectivity index (χ2n) is 6.36. The fraction of sp³-hybridized carbons (Fsp3) is 0.529. The zero-order valence-corrected chi connectivity index (χ0v) is 12.7. The molecular weight excluding hydrogens is 239 g/mol. The van der Waals surface area contributed by atoms with Crippen LogP contribution < -0.4 is 0 Å². The topological polar surface area (TPSA) is 20.2 Å². The quantitative estimate of drug-likeness (QED) is 0.763. The van der Waals surface area contributed by atoms with Crippen LogP contribution in [0.1, 0.15) is 51.7 Å². The van der Waals surface area contributed by atoms with Crippen LogP contribution in [-0.2, 0) is 0 Å². The third-order valence-corrected chi connectivity index (χ3v) is 4.27. The minimum atomic E-state index is -0.408. The van der Waals surface area contributed by atoms with Gasteiger partial charge in [-0.25, -0.2) is 4.39 Å². The van der Waals surface area contributed by atoms with Crippen molar-refractivity contribution in [2.45, 2.75) is 47.5 Å². The molecule has 0 fully saturated rings. The molecule has 0 aliphatic rings. The summed E-state index contributed by atoms with van der Waals surface area (Å²) in [6.07, 6.45) is 1.81. The zero-order valence-electron chi connectivity index (χ0n) is 12.7. The molecule has 2 heteroatoms. The molecule has 0 amide bonds. The Hall–Kier alpha value is -1.31. The van der Waals surface area contributed by atoms with Gasteiger partial charge in [-0.2, -0.15) is 0 Å². The molecule has 0 unspecified atom stereocenters. The lowest BCUT2D eigenvalue weighted by Crippen LogP contribution is -2.18. The molecule has 0 spiro atoms. The van der Waals surface area contributed by atoms with E-state index in [9.17, 15) is 9.50 Å². The van der Waals surface area contributed by atoms with Crippen molar-refractivity contribution in [3.05, 3.63) is 35.7 Å². The molecule has 0 aliphatic carbocycles. The number of halogens is 1. The van der Waals surface area contributed by atoms with Gasteiger partial charge >= 0.3 is 0 Å². The highest BCUT2D eigenvalue weighted by atomic mass is 19.1. The normalized spacial score (nSPS) is 11.9. The van der Waals surface area contributed by atoms with Crippen molar-refractivity contribution in [3.8, 4) is 5.75 Å². The average Bonchev–Trinajstić information content (AvgIpc) is 2.24. The van der Waals surface area contributed by atoms with Gasteiger partial charge in [0.05, 0.1) is 0 Å². The molecule has 1 aromatic rings. The van der Waals surface area contributed by atoms with Crippen molar-refractivity contribution in [1.82, 2.24) is 0 Å². The number of rotatable bonds is 5. The van der Waals surface area contributed by atoms with E-state index in [1.807, 2.05) is 0 Å². The fourth-order valence-electron chi connectivity index (χ4n) is 2.07. The first kappa shape index (κ1) is 15.7. The van der Waals surface area contributed by atoms with Gasteiger partial charge in [-0.05, 0) is 48.3 Å². The number of phenols is 1. The van der Waals surface area contributed by atoms with Crippen LogP contribution in [0, 0.1) is 24.1 Å². The zero-order chi connectivity index (χ0) is 14.8. The molecular formula is C17H25FO. The lowest BCUT2D eigenvalue weighted by molar-refractivity contribution is 0.232. The van der Waals surface area contributed by atoms with Crippen LogP contribution >= 0.6 is 0 Å². The van der Waals surface area contributed by atoms with Gasteiger partial charge in [-0.3, -0.25) is 0 Å². The molecule has 1 aromatic carbocycles. The maximum absolute atomic E-state index is 13.2. The standard InChI is InChI=1S/C17H25FO/c1-11(2)17(5,6)8-7-12(3)16-13(4)9-14(18)10-15(16)19/h9-11,19H,3,7-8H2,1-2,4-6H3. The second-order valence-corrected chi connectivity index (χ2v) is 6.36. The summed E-state index contributed by atoms with van der Waals surface area (Å²) in [5.41, 5.74) is 2.54. The lowest BCUT2D eigenvalue weighted by Gasteiger charge is -2.29. The van der Waals surface area contributed by atoms with Crippen LogP contribution in [0.3, 0.4) is 0 Å². The SMILES string of the molecule is C=C(CCC(C)(C)C(C)C)c1c(C)cc(F)cc1O. The van der Waals surface area contributed by atoms with Crippen molar-refractivity contribution in [2.75, 3.05) is 0 Å². The predicted octanol–water partition coefficient (Wildman–Crippen LogP) is 5.32.